The first-order valence-electron chi connectivity index (χ1n) is 11.4. The molecule has 174 valence electrons. The summed E-state index contributed by atoms with van der Waals surface area (Å²) in [5.41, 5.74) is 6.21. The van der Waals surface area contributed by atoms with Gasteiger partial charge in [-0.3, -0.25) is 10.1 Å². The molecular formula is C29H25N3O3. The second-order valence-corrected chi connectivity index (χ2v) is 9.33. The van der Waals surface area contributed by atoms with E-state index in [1.165, 1.54) is 17.4 Å². The number of carbonyl (C=O) groups excluding carboxylic acids is 1. The highest BCUT2D eigenvalue weighted by Gasteiger charge is 2.15. The van der Waals surface area contributed by atoms with E-state index in [0.29, 0.717) is 11.3 Å². The van der Waals surface area contributed by atoms with E-state index in [9.17, 15) is 4.79 Å². The van der Waals surface area contributed by atoms with E-state index in [4.69, 9.17) is 8.83 Å². The minimum atomic E-state index is -0.336. The van der Waals surface area contributed by atoms with Gasteiger partial charge in [0.2, 0.25) is 0 Å². The van der Waals surface area contributed by atoms with Crippen molar-refractivity contribution in [2.75, 3.05) is 5.32 Å². The summed E-state index contributed by atoms with van der Waals surface area (Å²) in [5.74, 6) is 0.304. The molecule has 1 N–H and O–H groups in total. The molecule has 0 radical (unpaired) electrons. The molecular weight excluding hydrogens is 438 g/mol. The maximum absolute atomic E-state index is 12.8. The molecule has 5 rings (SSSR count). The first-order valence-corrected chi connectivity index (χ1v) is 11.4. The van der Waals surface area contributed by atoms with Crippen molar-refractivity contribution in [3.05, 3.63) is 102 Å². The smallest absolute Gasteiger partial charge is 0.322 e. The first kappa shape index (κ1) is 22.3. The van der Waals surface area contributed by atoms with Gasteiger partial charge in [0.25, 0.3) is 11.8 Å². The lowest BCUT2D eigenvalue weighted by Gasteiger charge is -2.19. The molecule has 0 unspecified atom stereocenters. The van der Waals surface area contributed by atoms with Crippen molar-refractivity contribution in [3.63, 3.8) is 0 Å². The number of nitrogens with one attached hydrogen (secondary N) is 1. The van der Waals surface area contributed by atoms with Crippen LogP contribution in [0.5, 0.6) is 0 Å². The molecule has 0 atom stereocenters. The number of anilines is 1. The molecule has 3 aromatic carbocycles. The molecule has 1 amide bonds. The van der Waals surface area contributed by atoms with Gasteiger partial charge in [0.1, 0.15) is 0 Å². The van der Waals surface area contributed by atoms with Crippen molar-refractivity contribution >= 4 is 11.9 Å². The van der Waals surface area contributed by atoms with Crippen molar-refractivity contribution in [2.45, 2.75) is 26.2 Å². The van der Waals surface area contributed by atoms with Gasteiger partial charge in [-0.05, 0) is 57.5 Å². The van der Waals surface area contributed by atoms with Gasteiger partial charge in [-0.25, -0.2) is 0 Å². The second kappa shape index (κ2) is 9.06. The van der Waals surface area contributed by atoms with Crippen molar-refractivity contribution in [2.24, 2.45) is 0 Å². The number of amides is 1. The topological polar surface area (TPSA) is 81.2 Å². The molecule has 0 aliphatic carbocycles. The van der Waals surface area contributed by atoms with Gasteiger partial charge in [-0.2, -0.15) is 0 Å². The molecule has 0 fully saturated rings. The zero-order valence-electron chi connectivity index (χ0n) is 19.8. The summed E-state index contributed by atoms with van der Waals surface area (Å²) in [6, 6.07) is 27.9. The van der Waals surface area contributed by atoms with Crippen LogP contribution in [0.4, 0.5) is 6.01 Å². The number of aromatic nitrogens is 2. The molecule has 0 saturated heterocycles. The highest BCUT2D eigenvalue weighted by molar-refractivity contribution is 6.03. The standard InChI is InChI=1S/C29H25N3O3/c1-29(2,3)24-15-13-20(14-16-24)19-9-11-21(12-10-19)22-6-4-7-23(18-22)26(33)30-28-32-31-27(35-28)25-8-5-17-34-25/h4-18H,1-3H3,(H,30,32,33). The predicted octanol–water partition coefficient (Wildman–Crippen LogP) is 7.21. The van der Waals surface area contributed by atoms with Crippen LogP contribution >= 0.6 is 0 Å². The van der Waals surface area contributed by atoms with E-state index < -0.39 is 0 Å². The highest BCUT2D eigenvalue weighted by atomic mass is 16.4. The Hall–Kier alpha value is -4.45. The number of furan rings is 1. The summed E-state index contributed by atoms with van der Waals surface area (Å²) in [5, 5.41) is 10.4. The van der Waals surface area contributed by atoms with E-state index in [0.717, 1.165) is 16.7 Å². The van der Waals surface area contributed by atoms with E-state index >= 15 is 0 Å². The van der Waals surface area contributed by atoms with Crippen molar-refractivity contribution in [1.82, 2.24) is 10.2 Å². The van der Waals surface area contributed by atoms with Crippen LogP contribution in [0.15, 0.2) is 100 Å². The van der Waals surface area contributed by atoms with Gasteiger partial charge in [-0.1, -0.05) is 86.5 Å². The summed E-state index contributed by atoms with van der Waals surface area (Å²) in [6.07, 6.45) is 1.51. The first-order chi connectivity index (χ1) is 16.9. The zero-order chi connectivity index (χ0) is 24.4. The van der Waals surface area contributed by atoms with Crippen LogP contribution in [0.25, 0.3) is 33.9 Å². The Bertz CT molecular complexity index is 1440. The van der Waals surface area contributed by atoms with Crippen LogP contribution in [0, 0.1) is 0 Å². The lowest BCUT2D eigenvalue weighted by atomic mass is 9.86. The number of carbonyl (C=O) groups is 1. The summed E-state index contributed by atoms with van der Waals surface area (Å²) >= 11 is 0. The Morgan fingerprint density at radius 2 is 1.43 bits per heavy atom. The SMILES string of the molecule is CC(C)(C)c1ccc(-c2ccc(-c3cccc(C(=O)Nc4nnc(-c5ccco5)o4)c3)cc2)cc1. The van der Waals surface area contributed by atoms with Crippen molar-refractivity contribution < 1.29 is 13.6 Å². The predicted molar refractivity (Wildman–Crippen MR) is 136 cm³/mol. The molecule has 0 aliphatic rings. The maximum atomic E-state index is 12.8. The number of hydrogen-bond acceptors (Lipinski definition) is 5. The minimum absolute atomic E-state index is 0.00800. The van der Waals surface area contributed by atoms with E-state index in [1.54, 1.807) is 18.2 Å². The Balaban J connectivity index is 1.31. The minimum Gasteiger partial charge on any atom is -0.459 e. The molecule has 0 aliphatic heterocycles. The fourth-order valence-electron chi connectivity index (χ4n) is 3.80. The third kappa shape index (κ3) is 4.92. The largest absolute Gasteiger partial charge is 0.459 e. The Labute approximate surface area is 203 Å². The van der Waals surface area contributed by atoms with Gasteiger partial charge < -0.3 is 8.83 Å². The Morgan fingerprint density at radius 1 is 0.771 bits per heavy atom. The Morgan fingerprint density at radius 3 is 2.06 bits per heavy atom. The molecule has 35 heavy (non-hydrogen) atoms. The monoisotopic (exact) mass is 463 g/mol. The van der Waals surface area contributed by atoms with Crippen LogP contribution in [-0.4, -0.2) is 16.1 Å². The zero-order valence-corrected chi connectivity index (χ0v) is 19.8. The van der Waals surface area contributed by atoms with Gasteiger partial charge >= 0.3 is 6.01 Å². The average Bonchev–Trinajstić information content (AvgIpc) is 3.56. The Kier molecular flexibility index (Phi) is 5.79. The number of benzene rings is 3. The quantitative estimate of drug-likeness (QED) is 0.298. The van der Waals surface area contributed by atoms with Crippen LogP contribution < -0.4 is 5.32 Å². The molecule has 0 bridgehead atoms. The van der Waals surface area contributed by atoms with Crippen LogP contribution in [0.2, 0.25) is 0 Å². The summed E-state index contributed by atoms with van der Waals surface area (Å²) in [6.45, 7) is 6.64. The number of nitrogens with zero attached hydrogens (tertiary/aromatic N) is 2. The molecule has 6 nitrogen and oxygen atoms in total. The molecule has 2 aromatic heterocycles. The number of rotatable bonds is 5. The van der Waals surface area contributed by atoms with Gasteiger partial charge in [0.05, 0.1) is 6.26 Å². The van der Waals surface area contributed by atoms with Crippen LogP contribution in [0.3, 0.4) is 0 Å². The fraction of sp³-hybridized carbons (Fsp3) is 0.138. The summed E-state index contributed by atoms with van der Waals surface area (Å²) < 4.78 is 10.7. The average molecular weight is 464 g/mol. The molecule has 6 heteroatoms. The van der Waals surface area contributed by atoms with Crippen LogP contribution in [-0.2, 0) is 5.41 Å². The van der Waals surface area contributed by atoms with E-state index in [2.05, 4.69) is 84.8 Å². The summed E-state index contributed by atoms with van der Waals surface area (Å²) in [4.78, 5) is 12.8. The molecule has 0 saturated carbocycles. The highest BCUT2D eigenvalue weighted by Crippen LogP contribution is 2.29. The van der Waals surface area contributed by atoms with Gasteiger partial charge in [0.15, 0.2) is 5.76 Å². The van der Waals surface area contributed by atoms with Crippen LogP contribution in [0.1, 0.15) is 36.7 Å². The molecule has 0 spiro atoms. The molecule has 2 heterocycles. The van der Waals surface area contributed by atoms with Crippen molar-refractivity contribution in [1.29, 1.82) is 0 Å². The molecule has 5 aromatic rings. The third-order valence-electron chi connectivity index (χ3n) is 5.80. The lowest BCUT2D eigenvalue weighted by molar-refractivity contribution is 0.102. The normalized spacial score (nSPS) is 11.4. The second-order valence-electron chi connectivity index (χ2n) is 9.33. The summed E-state index contributed by atoms with van der Waals surface area (Å²) in [7, 11) is 0. The fourth-order valence-corrected chi connectivity index (χ4v) is 3.80. The third-order valence-corrected chi connectivity index (χ3v) is 5.80. The lowest BCUT2D eigenvalue weighted by Crippen LogP contribution is -2.12. The number of hydrogen-bond donors (Lipinski definition) is 1. The van der Waals surface area contributed by atoms with Crippen molar-refractivity contribution in [3.8, 4) is 33.9 Å². The van der Waals surface area contributed by atoms with E-state index in [-0.39, 0.29) is 23.2 Å². The van der Waals surface area contributed by atoms with E-state index in [1.807, 2.05) is 18.2 Å². The maximum Gasteiger partial charge on any atom is 0.322 e. The van der Waals surface area contributed by atoms with Gasteiger partial charge in [-0.15, -0.1) is 5.10 Å². The van der Waals surface area contributed by atoms with Gasteiger partial charge in [0, 0.05) is 5.56 Å².